The van der Waals surface area contributed by atoms with Crippen molar-refractivity contribution in [1.29, 1.82) is 0 Å². The number of hydrogen-bond acceptors (Lipinski definition) is 1. The van der Waals surface area contributed by atoms with Crippen molar-refractivity contribution >= 4 is 17.4 Å². The molecule has 0 radical (unpaired) electrons. The number of hydrogen-bond donors (Lipinski definition) is 0. The molecule has 1 nitrogen and oxygen atoms in total. The number of halogens is 2. The van der Waals surface area contributed by atoms with Crippen LogP contribution < -0.4 is 0 Å². The Morgan fingerprint density at radius 1 is 1.47 bits per heavy atom. The van der Waals surface area contributed by atoms with Crippen molar-refractivity contribution in [3.63, 3.8) is 0 Å². The third-order valence-corrected chi connectivity index (χ3v) is 3.23. The number of carbonyl (C=O) groups excluding carboxylic acids is 1. The van der Waals surface area contributed by atoms with Crippen molar-refractivity contribution in [1.82, 2.24) is 0 Å². The fourth-order valence-electron chi connectivity index (χ4n) is 1.73. The standard InChI is InChI=1S/C12H12ClFO/c13-10-5-4-8(6-11(10)14)7-12(15)9-2-1-3-9/h4-6,9H,1-3,7H2. The summed E-state index contributed by atoms with van der Waals surface area (Å²) >= 11 is 5.56. The van der Waals surface area contributed by atoms with E-state index in [2.05, 4.69) is 0 Å². The van der Waals surface area contributed by atoms with Crippen molar-refractivity contribution in [2.24, 2.45) is 5.92 Å². The second-order valence-electron chi connectivity index (χ2n) is 4.02. The maximum absolute atomic E-state index is 13.1. The summed E-state index contributed by atoms with van der Waals surface area (Å²) in [5.41, 5.74) is 0.716. The predicted molar refractivity (Wildman–Crippen MR) is 57.5 cm³/mol. The van der Waals surface area contributed by atoms with E-state index in [1.54, 1.807) is 6.07 Å². The zero-order valence-electron chi connectivity index (χ0n) is 8.30. The summed E-state index contributed by atoms with van der Waals surface area (Å²) < 4.78 is 13.1. The highest BCUT2D eigenvalue weighted by molar-refractivity contribution is 6.30. The van der Waals surface area contributed by atoms with Crippen LogP contribution in [-0.4, -0.2) is 5.78 Å². The van der Waals surface area contributed by atoms with Gasteiger partial charge >= 0.3 is 0 Å². The second kappa shape index (κ2) is 4.31. The van der Waals surface area contributed by atoms with Gasteiger partial charge in [0.15, 0.2) is 0 Å². The zero-order chi connectivity index (χ0) is 10.8. The largest absolute Gasteiger partial charge is 0.299 e. The van der Waals surface area contributed by atoms with Gasteiger partial charge < -0.3 is 0 Å². The van der Waals surface area contributed by atoms with Crippen LogP contribution in [0.3, 0.4) is 0 Å². The van der Waals surface area contributed by atoms with E-state index in [-0.39, 0.29) is 16.7 Å². The molecule has 0 unspecified atom stereocenters. The highest BCUT2D eigenvalue weighted by Gasteiger charge is 2.24. The summed E-state index contributed by atoms with van der Waals surface area (Å²) in [6.07, 6.45) is 3.47. The summed E-state index contributed by atoms with van der Waals surface area (Å²) in [5.74, 6) is -0.0118. The fourth-order valence-corrected chi connectivity index (χ4v) is 1.84. The Morgan fingerprint density at radius 3 is 2.73 bits per heavy atom. The van der Waals surface area contributed by atoms with Crippen LogP contribution in [0, 0.1) is 11.7 Å². The molecule has 3 heteroatoms. The lowest BCUT2D eigenvalue weighted by atomic mass is 9.80. The van der Waals surface area contributed by atoms with Gasteiger partial charge in [-0.2, -0.15) is 0 Å². The maximum Gasteiger partial charge on any atom is 0.142 e. The average Bonchev–Trinajstić information content (AvgIpc) is 2.08. The second-order valence-corrected chi connectivity index (χ2v) is 4.43. The molecule has 80 valence electrons. The molecule has 2 rings (SSSR count). The third kappa shape index (κ3) is 2.37. The number of rotatable bonds is 3. The molecule has 1 saturated carbocycles. The highest BCUT2D eigenvalue weighted by Crippen LogP contribution is 2.28. The summed E-state index contributed by atoms with van der Waals surface area (Å²) in [6.45, 7) is 0. The van der Waals surface area contributed by atoms with E-state index in [0.29, 0.717) is 12.0 Å². The van der Waals surface area contributed by atoms with E-state index in [1.807, 2.05) is 0 Å². The van der Waals surface area contributed by atoms with Crippen LogP contribution in [0.2, 0.25) is 5.02 Å². The lowest BCUT2D eigenvalue weighted by Gasteiger charge is -2.23. The van der Waals surface area contributed by atoms with Gasteiger partial charge in [0.2, 0.25) is 0 Å². The van der Waals surface area contributed by atoms with E-state index in [1.165, 1.54) is 12.1 Å². The van der Waals surface area contributed by atoms with Gasteiger partial charge in [0.05, 0.1) is 5.02 Å². The zero-order valence-corrected chi connectivity index (χ0v) is 9.06. The van der Waals surface area contributed by atoms with Crippen molar-refractivity contribution in [3.05, 3.63) is 34.6 Å². The summed E-state index contributed by atoms with van der Waals surface area (Å²) in [5, 5.41) is 0.106. The highest BCUT2D eigenvalue weighted by atomic mass is 35.5. The van der Waals surface area contributed by atoms with Gasteiger partial charge in [0.25, 0.3) is 0 Å². The Hall–Kier alpha value is -0.890. The van der Waals surface area contributed by atoms with E-state index in [9.17, 15) is 9.18 Å². The van der Waals surface area contributed by atoms with Crippen molar-refractivity contribution in [3.8, 4) is 0 Å². The molecule has 0 aliphatic heterocycles. The van der Waals surface area contributed by atoms with Gasteiger partial charge in [-0.05, 0) is 30.5 Å². The molecule has 0 bridgehead atoms. The molecule has 15 heavy (non-hydrogen) atoms. The van der Waals surface area contributed by atoms with Crippen LogP contribution in [0.15, 0.2) is 18.2 Å². The van der Waals surface area contributed by atoms with Gasteiger partial charge in [-0.25, -0.2) is 4.39 Å². The van der Waals surface area contributed by atoms with Crippen LogP contribution in [0.5, 0.6) is 0 Å². The van der Waals surface area contributed by atoms with Crippen LogP contribution >= 0.6 is 11.6 Å². The molecule has 1 aromatic carbocycles. The smallest absolute Gasteiger partial charge is 0.142 e. The molecule has 0 amide bonds. The number of benzene rings is 1. The topological polar surface area (TPSA) is 17.1 Å². The van der Waals surface area contributed by atoms with Crippen molar-refractivity contribution < 1.29 is 9.18 Å². The van der Waals surface area contributed by atoms with E-state index in [4.69, 9.17) is 11.6 Å². The van der Waals surface area contributed by atoms with Crippen LogP contribution in [0.1, 0.15) is 24.8 Å². The lowest BCUT2D eigenvalue weighted by molar-refractivity contribution is -0.124. The van der Waals surface area contributed by atoms with Gasteiger partial charge in [0, 0.05) is 12.3 Å². The molecular weight excluding hydrogens is 215 g/mol. The first-order valence-corrected chi connectivity index (χ1v) is 5.51. The molecule has 0 N–H and O–H groups in total. The minimum Gasteiger partial charge on any atom is -0.299 e. The monoisotopic (exact) mass is 226 g/mol. The SMILES string of the molecule is O=C(Cc1ccc(Cl)c(F)c1)C1CCC1. The first kappa shape index (κ1) is 10.6. The van der Waals surface area contributed by atoms with Crippen LogP contribution in [-0.2, 0) is 11.2 Å². The molecule has 0 aromatic heterocycles. The van der Waals surface area contributed by atoms with Crippen LogP contribution in [0.4, 0.5) is 4.39 Å². The summed E-state index contributed by atoms with van der Waals surface area (Å²) in [6, 6.07) is 4.56. The maximum atomic E-state index is 13.1. The van der Waals surface area contributed by atoms with Gasteiger partial charge in [-0.15, -0.1) is 0 Å². The van der Waals surface area contributed by atoms with Gasteiger partial charge in [0.1, 0.15) is 11.6 Å². The Labute approximate surface area is 93.2 Å². The van der Waals surface area contributed by atoms with Gasteiger partial charge in [-0.1, -0.05) is 24.1 Å². The fraction of sp³-hybridized carbons (Fsp3) is 0.417. The molecule has 0 spiro atoms. The molecular formula is C12H12ClFO. The Morgan fingerprint density at radius 2 is 2.20 bits per heavy atom. The Balaban J connectivity index is 2.03. The number of Topliss-reactive ketones (excluding diaryl/α,β-unsaturated/α-hetero) is 1. The first-order chi connectivity index (χ1) is 7.16. The first-order valence-electron chi connectivity index (χ1n) is 5.13. The molecule has 1 aromatic rings. The molecule has 1 aliphatic rings. The Bertz CT molecular complexity index is 385. The predicted octanol–water partition coefficient (Wildman–Crippen LogP) is 3.39. The van der Waals surface area contributed by atoms with E-state index in [0.717, 1.165) is 19.3 Å². The molecule has 0 heterocycles. The number of ketones is 1. The molecule has 0 atom stereocenters. The van der Waals surface area contributed by atoms with Gasteiger partial charge in [-0.3, -0.25) is 4.79 Å². The molecule has 1 aliphatic carbocycles. The van der Waals surface area contributed by atoms with Crippen molar-refractivity contribution in [2.75, 3.05) is 0 Å². The summed E-state index contributed by atoms with van der Waals surface area (Å²) in [4.78, 5) is 11.6. The quantitative estimate of drug-likeness (QED) is 0.772. The number of carbonyl (C=O) groups is 1. The van der Waals surface area contributed by atoms with E-state index >= 15 is 0 Å². The summed E-state index contributed by atoms with van der Waals surface area (Å²) in [7, 11) is 0. The van der Waals surface area contributed by atoms with Crippen LogP contribution in [0.25, 0.3) is 0 Å². The minimum absolute atomic E-state index is 0.106. The third-order valence-electron chi connectivity index (χ3n) is 2.92. The lowest BCUT2D eigenvalue weighted by Crippen LogP contribution is -2.23. The molecule has 0 saturated heterocycles. The average molecular weight is 227 g/mol. The van der Waals surface area contributed by atoms with Crippen molar-refractivity contribution in [2.45, 2.75) is 25.7 Å². The molecule has 1 fully saturated rings. The normalized spacial score (nSPS) is 16.1. The minimum atomic E-state index is -0.449. The van der Waals surface area contributed by atoms with E-state index < -0.39 is 5.82 Å². The Kier molecular flexibility index (Phi) is 3.06.